The molecule has 0 fully saturated rings. The van der Waals surface area contributed by atoms with Crippen LogP contribution in [0.1, 0.15) is 36.9 Å². The number of nitrogens with one attached hydrogen (secondary N) is 1. The maximum Gasteiger partial charge on any atom is 0.216 e. The summed E-state index contributed by atoms with van der Waals surface area (Å²) >= 11 is 0. The highest BCUT2D eigenvalue weighted by molar-refractivity contribution is 5.72. The molecule has 0 heterocycles. The van der Waals surface area contributed by atoms with Crippen LogP contribution in [-0.2, 0) is 4.79 Å². The van der Waals surface area contributed by atoms with Gasteiger partial charge in [-0.3, -0.25) is 4.79 Å². The third-order valence-corrected chi connectivity index (χ3v) is 2.54. The van der Waals surface area contributed by atoms with Crippen LogP contribution in [0.25, 0.3) is 0 Å². The number of hydrogen-bond donors (Lipinski definition) is 2. The lowest BCUT2D eigenvalue weighted by molar-refractivity contribution is -0.118. The highest BCUT2D eigenvalue weighted by atomic mass is 16.1. The topological polar surface area (TPSA) is 55.1 Å². The summed E-state index contributed by atoms with van der Waals surface area (Å²) in [4.78, 5) is 10.7. The van der Waals surface area contributed by atoms with E-state index >= 15 is 0 Å². The van der Waals surface area contributed by atoms with Gasteiger partial charge in [-0.1, -0.05) is 29.8 Å². The van der Waals surface area contributed by atoms with Crippen LogP contribution >= 0.6 is 0 Å². The fourth-order valence-corrected chi connectivity index (χ4v) is 1.65. The number of nitrogens with two attached hydrogens (primary N) is 1. The molecule has 0 aromatic heterocycles. The Kier molecular flexibility index (Phi) is 4.99. The van der Waals surface area contributed by atoms with E-state index in [2.05, 4.69) is 30.4 Å². The Labute approximate surface area is 97.0 Å². The van der Waals surface area contributed by atoms with Gasteiger partial charge in [0.25, 0.3) is 0 Å². The van der Waals surface area contributed by atoms with Gasteiger partial charge in [0.05, 0.1) is 0 Å². The molecule has 1 aromatic carbocycles. The van der Waals surface area contributed by atoms with Crippen molar-refractivity contribution in [3.8, 4) is 0 Å². The summed E-state index contributed by atoms with van der Waals surface area (Å²) < 4.78 is 0. The van der Waals surface area contributed by atoms with Crippen molar-refractivity contribution >= 4 is 5.91 Å². The van der Waals surface area contributed by atoms with Crippen LogP contribution in [0, 0.1) is 6.92 Å². The van der Waals surface area contributed by atoms with Gasteiger partial charge in [0.2, 0.25) is 5.91 Å². The van der Waals surface area contributed by atoms with Gasteiger partial charge >= 0.3 is 0 Å². The van der Waals surface area contributed by atoms with Crippen LogP contribution < -0.4 is 11.1 Å². The maximum absolute atomic E-state index is 10.7. The summed E-state index contributed by atoms with van der Waals surface area (Å²) in [6.07, 6.45) is 1.80. The Bertz CT molecular complexity index is 350. The largest absolute Gasteiger partial charge is 0.356 e. The molecule has 0 bridgehead atoms. The zero-order valence-corrected chi connectivity index (χ0v) is 9.99. The molecule has 1 unspecified atom stereocenters. The molecule has 1 atom stereocenters. The fourth-order valence-electron chi connectivity index (χ4n) is 1.65. The predicted octanol–water partition coefficient (Wildman–Crippen LogP) is 1.91. The van der Waals surface area contributed by atoms with Crippen molar-refractivity contribution in [1.29, 1.82) is 0 Å². The molecule has 3 nitrogen and oxygen atoms in total. The molecule has 1 aromatic rings. The predicted molar refractivity (Wildman–Crippen MR) is 66.0 cm³/mol. The molecule has 0 aliphatic rings. The summed E-state index contributed by atoms with van der Waals surface area (Å²) in [6.45, 7) is 4.29. The van der Waals surface area contributed by atoms with E-state index in [9.17, 15) is 4.79 Å². The molecule has 0 saturated heterocycles. The lowest BCUT2D eigenvalue weighted by Crippen LogP contribution is -2.22. The van der Waals surface area contributed by atoms with Crippen LogP contribution in [0.3, 0.4) is 0 Å². The molecule has 3 N–H and O–H groups in total. The van der Waals surface area contributed by atoms with Gasteiger partial charge in [-0.15, -0.1) is 0 Å². The van der Waals surface area contributed by atoms with Crippen LogP contribution in [0.15, 0.2) is 24.3 Å². The van der Waals surface area contributed by atoms with Crippen molar-refractivity contribution in [2.45, 2.75) is 32.7 Å². The fraction of sp³-hybridized carbons (Fsp3) is 0.462. The number of aryl methyl sites for hydroxylation is 1. The second kappa shape index (κ2) is 6.28. The van der Waals surface area contributed by atoms with Crippen molar-refractivity contribution in [2.24, 2.45) is 5.73 Å². The molecule has 1 amide bonds. The van der Waals surface area contributed by atoms with Gasteiger partial charge < -0.3 is 11.1 Å². The van der Waals surface area contributed by atoms with E-state index in [1.165, 1.54) is 18.1 Å². The molecule has 0 aliphatic carbocycles. The van der Waals surface area contributed by atoms with Crippen molar-refractivity contribution in [2.75, 3.05) is 6.54 Å². The van der Waals surface area contributed by atoms with Gasteiger partial charge in [0.1, 0.15) is 0 Å². The van der Waals surface area contributed by atoms with Gasteiger partial charge in [-0.05, 0) is 25.3 Å². The summed E-state index contributed by atoms with van der Waals surface area (Å²) in [5.74, 6) is 0.0177. The smallest absolute Gasteiger partial charge is 0.216 e. The van der Waals surface area contributed by atoms with Crippen LogP contribution in [0.4, 0.5) is 0 Å². The van der Waals surface area contributed by atoms with Gasteiger partial charge in [-0.25, -0.2) is 0 Å². The average molecular weight is 220 g/mol. The van der Waals surface area contributed by atoms with E-state index in [1.807, 2.05) is 6.07 Å². The number of hydrogen-bond acceptors (Lipinski definition) is 2. The highest BCUT2D eigenvalue weighted by Crippen LogP contribution is 2.16. The van der Waals surface area contributed by atoms with Crippen molar-refractivity contribution in [3.63, 3.8) is 0 Å². The van der Waals surface area contributed by atoms with Crippen molar-refractivity contribution in [1.82, 2.24) is 5.32 Å². The van der Waals surface area contributed by atoms with Crippen LogP contribution in [-0.4, -0.2) is 12.5 Å². The van der Waals surface area contributed by atoms with E-state index in [-0.39, 0.29) is 11.9 Å². The number of rotatable bonds is 5. The minimum absolute atomic E-state index is 0.0177. The zero-order chi connectivity index (χ0) is 12.0. The Morgan fingerprint density at radius 2 is 2.25 bits per heavy atom. The molecule has 0 saturated carbocycles. The van der Waals surface area contributed by atoms with E-state index in [4.69, 9.17) is 5.73 Å². The molecule has 88 valence electrons. The average Bonchev–Trinajstić information content (AvgIpc) is 2.24. The van der Waals surface area contributed by atoms with E-state index in [0.717, 1.165) is 12.8 Å². The minimum Gasteiger partial charge on any atom is -0.356 e. The van der Waals surface area contributed by atoms with Crippen molar-refractivity contribution < 1.29 is 4.79 Å². The third kappa shape index (κ3) is 4.45. The van der Waals surface area contributed by atoms with E-state index < -0.39 is 0 Å². The molecule has 1 rings (SSSR count). The molecular formula is C13H20N2O. The number of carbonyl (C=O) groups excluding carboxylic acids is 1. The van der Waals surface area contributed by atoms with E-state index in [0.29, 0.717) is 6.54 Å². The number of amides is 1. The third-order valence-electron chi connectivity index (χ3n) is 2.54. The second-order valence-electron chi connectivity index (χ2n) is 4.15. The summed E-state index contributed by atoms with van der Waals surface area (Å²) in [6, 6.07) is 8.32. The SMILES string of the molecule is CC(=O)NCCCC(N)c1cccc(C)c1. The van der Waals surface area contributed by atoms with Crippen LogP contribution in [0.5, 0.6) is 0 Å². The standard InChI is InChI=1S/C13H20N2O/c1-10-5-3-6-12(9-10)13(14)7-4-8-15-11(2)16/h3,5-6,9,13H,4,7-8,14H2,1-2H3,(H,15,16). The molecule has 0 radical (unpaired) electrons. The number of carbonyl (C=O) groups is 1. The Hall–Kier alpha value is -1.35. The van der Waals surface area contributed by atoms with Crippen molar-refractivity contribution in [3.05, 3.63) is 35.4 Å². The van der Waals surface area contributed by atoms with Crippen LogP contribution in [0.2, 0.25) is 0 Å². The first-order valence-corrected chi connectivity index (χ1v) is 5.66. The molecular weight excluding hydrogens is 200 g/mol. The summed E-state index contributed by atoms with van der Waals surface area (Å²) in [5, 5.41) is 2.77. The first kappa shape index (κ1) is 12.7. The Balaban J connectivity index is 2.35. The summed E-state index contributed by atoms with van der Waals surface area (Å²) in [7, 11) is 0. The van der Waals surface area contributed by atoms with Gasteiger partial charge in [-0.2, -0.15) is 0 Å². The maximum atomic E-state index is 10.7. The molecule has 3 heteroatoms. The monoisotopic (exact) mass is 220 g/mol. The molecule has 16 heavy (non-hydrogen) atoms. The second-order valence-corrected chi connectivity index (χ2v) is 4.15. The lowest BCUT2D eigenvalue weighted by atomic mass is 10.0. The van der Waals surface area contributed by atoms with Gasteiger partial charge in [0.15, 0.2) is 0 Å². The van der Waals surface area contributed by atoms with Gasteiger partial charge in [0, 0.05) is 19.5 Å². The normalized spacial score (nSPS) is 12.2. The Morgan fingerprint density at radius 3 is 2.88 bits per heavy atom. The number of benzene rings is 1. The first-order chi connectivity index (χ1) is 7.59. The molecule has 0 aliphatic heterocycles. The zero-order valence-electron chi connectivity index (χ0n) is 9.99. The Morgan fingerprint density at radius 1 is 1.50 bits per heavy atom. The lowest BCUT2D eigenvalue weighted by Gasteiger charge is -2.12. The van der Waals surface area contributed by atoms with E-state index in [1.54, 1.807) is 0 Å². The quantitative estimate of drug-likeness (QED) is 0.745. The minimum atomic E-state index is 0.0177. The highest BCUT2D eigenvalue weighted by Gasteiger charge is 2.05. The summed E-state index contributed by atoms with van der Waals surface area (Å²) in [5.41, 5.74) is 8.47. The molecule has 0 spiro atoms. The first-order valence-electron chi connectivity index (χ1n) is 5.66.